The van der Waals surface area contributed by atoms with E-state index in [1.54, 1.807) is 13.8 Å². The summed E-state index contributed by atoms with van der Waals surface area (Å²) >= 11 is 0. The van der Waals surface area contributed by atoms with Crippen molar-refractivity contribution in [1.82, 2.24) is 0 Å². The normalized spacial score (nSPS) is 13.0. The van der Waals surface area contributed by atoms with Crippen molar-refractivity contribution in [3.05, 3.63) is 23.8 Å². The zero-order valence-electron chi connectivity index (χ0n) is 9.08. The molecule has 8 heteroatoms. The number of hydrogen-bond donors (Lipinski definition) is 0. The summed E-state index contributed by atoms with van der Waals surface area (Å²) in [5.74, 6) is -0.393. The van der Waals surface area contributed by atoms with E-state index in [-0.39, 0.29) is 5.56 Å². The van der Waals surface area contributed by atoms with Crippen LogP contribution in [-0.2, 0) is 20.2 Å². The molecular weight excluding hydrogens is 268 g/mol. The molecule has 0 unspecified atom stereocenters. The third-order valence-corrected chi connectivity index (χ3v) is 3.90. The van der Waals surface area contributed by atoms with Gasteiger partial charge in [0.25, 0.3) is 0 Å². The van der Waals surface area contributed by atoms with E-state index in [1.807, 2.05) is 0 Å². The lowest BCUT2D eigenvalue weighted by atomic mass is 10.0. The zero-order valence-corrected chi connectivity index (χ0v) is 10.7. The van der Waals surface area contributed by atoms with Gasteiger partial charge in [-0.25, -0.2) is 16.8 Å². The van der Waals surface area contributed by atoms with Crippen LogP contribution >= 0.6 is 0 Å². The lowest BCUT2D eigenvalue weighted by Crippen LogP contribution is -2.07. The number of rotatable bonds is 3. The Kier molecular flexibility index (Phi) is 3.63. The van der Waals surface area contributed by atoms with Gasteiger partial charge in [-0.2, -0.15) is 0 Å². The molecule has 0 amide bonds. The van der Waals surface area contributed by atoms with E-state index < -0.39 is 35.9 Å². The smallest absolute Gasteiger partial charge is 0.124 e. The maximum absolute atomic E-state index is 10.9. The summed E-state index contributed by atoms with van der Waals surface area (Å²) in [7, 11) is -9.36. The molecule has 96 valence electrons. The molecule has 0 aliphatic carbocycles. The molecule has 0 N–H and O–H groups in total. The van der Waals surface area contributed by atoms with Crippen LogP contribution in [0.2, 0.25) is 0 Å². The molecule has 0 atom stereocenters. The first-order valence-electron chi connectivity index (χ1n) is 4.59. The minimum Gasteiger partial charge on any atom is -0.744 e. The van der Waals surface area contributed by atoms with Gasteiger partial charge in [0.05, 0.1) is 9.79 Å². The molecule has 0 saturated heterocycles. The van der Waals surface area contributed by atoms with Crippen LogP contribution in [0, 0.1) is 0 Å². The van der Waals surface area contributed by atoms with Gasteiger partial charge in [-0.1, -0.05) is 13.8 Å². The van der Waals surface area contributed by atoms with E-state index in [4.69, 9.17) is 0 Å². The van der Waals surface area contributed by atoms with E-state index in [0.29, 0.717) is 0 Å². The van der Waals surface area contributed by atoms with Gasteiger partial charge < -0.3 is 9.11 Å². The van der Waals surface area contributed by atoms with E-state index in [2.05, 4.69) is 0 Å². The SMILES string of the molecule is CC(C)c1cc(S(=O)(=O)[O-])ccc1S(=O)(=O)[O-]. The quantitative estimate of drug-likeness (QED) is 0.748. The van der Waals surface area contributed by atoms with E-state index in [1.165, 1.54) is 0 Å². The van der Waals surface area contributed by atoms with Crippen molar-refractivity contribution < 1.29 is 25.9 Å². The molecule has 1 aromatic rings. The monoisotopic (exact) mass is 278 g/mol. The largest absolute Gasteiger partial charge is 0.744 e. The second-order valence-corrected chi connectivity index (χ2v) is 6.49. The standard InChI is InChI=1S/C9H12O6S2/c1-6(2)8-5-7(16(10,11)12)3-4-9(8)17(13,14)15/h3-6H,1-2H3,(H,10,11,12)(H,13,14,15)/p-2. The molecule has 0 radical (unpaired) electrons. The van der Waals surface area contributed by atoms with Gasteiger partial charge in [-0.05, 0) is 29.7 Å². The van der Waals surface area contributed by atoms with Gasteiger partial charge in [0, 0.05) is 0 Å². The summed E-state index contributed by atoms with van der Waals surface area (Å²) in [5, 5.41) is 0. The van der Waals surface area contributed by atoms with Gasteiger partial charge in [-0.3, -0.25) is 0 Å². The van der Waals surface area contributed by atoms with Crippen molar-refractivity contribution in [2.45, 2.75) is 29.6 Å². The van der Waals surface area contributed by atoms with Crippen molar-refractivity contribution >= 4 is 20.2 Å². The Bertz CT molecular complexity index is 627. The molecule has 0 spiro atoms. The predicted molar refractivity (Wildman–Crippen MR) is 56.5 cm³/mol. The molecule has 0 aliphatic heterocycles. The van der Waals surface area contributed by atoms with Crippen LogP contribution in [0.15, 0.2) is 28.0 Å². The fourth-order valence-corrected chi connectivity index (χ4v) is 2.68. The maximum Gasteiger partial charge on any atom is 0.124 e. The Morgan fingerprint density at radius 3 is 1.88 bits per heavy atom. The second-order valence-electron chi connectivity index (χ2n) is 3.76. The van der Waals surface area contributed by atoms with Gasteiger partial charge in [0.2, 0.25) is 0 Å². The van der Waals surface area contributed by atoms with Crippen LogP contribution in [0.25, 0.3) is 0 Å². The molecule has 0 saturated carbocycles. The molecule has 0 fully saturated rings. The highest BCUT2D eigenvalue weighted by molar-refractivity contribution is 7.86. The van der Waals surface area contributed by atoms with Crippen LogP contribution in [0.1, 0.15) is 25.3 Å². The van der Waals surface area contributed by atoms with Gasteiger partial charge in [0.1, 0.15) is 20.2 Å². The van der Waals surface area contributed by atoms with E-state index >= 15 is 0 Å². The van der Waals surface area contributed by atoms with E-state index in [0.717, 1.165) is 18.2 Å². The van der Waals surface area contributed by atoms with Crippen LogP contribution < -0.4 is 0 Å². The molecule has 0 aromatic heterocycles. The highest BCUT2D eigenvalue weighted by Gasteiger charge is 2.14. The van der Waals surface area contributed by atoms with Gasteiger partial charge in [0.15, 0.2) is 0 Å². The van der Waals surface area contributed by atoms with Crippen LogP contribution in [0.5, 0.6) is 0 Å². The van der Waals surface area contributed by atoms with Crippen LogP contribution in [0.4, 0.5) is 0 Å². The van der Waals surface area contributed by atoms with E-state index in [9.17, 15) is 25.9 Å². The molecule has 1 aromatic carbocycles. The van der Waals surface area contributed by atoms with Gasteiger partial charge in [-0.15, -0.1) is 0 Å². The summed E-state index contributed by atoms with van der Waals surface area (Å²) in [6, 6.07) is 2.60. The van der Waals surface area contributed by atoms with Crippen molar-refractivity contribution in [3.8, 4) is 0 Å². The third-order valence-electron chi connectivity index (χ3n) is 2.16. The highest BCUT2D eigenvalue weighted by Crippen LogP contribution is 2.26. The number of hydrogen-bond acceptors (Lipinski definition) is 6. The highest BCUT2D eigenvalue weighted by atomic mass is 32.2. The Balaban J connectivity index is 3.60. The Morgan fingerprint density at radius 2 is 1.53 bits per heavy atom. The average Bonchev–Trinajstić information content (AvgIpc) is 2.14. The first kappa shape index (κ1) is 14.1. The lowest BCUT2D eigenvalue weighted by molar-refractivity contribution is 0.457. The summed E-state index contributed by atoms with van der Waals surface area (Å²) in [6.45, 7) is 3.18. The third kappa shape index (κ3) is 3.25. The summed E-state index contributed by atoms with van der Waals surface area (Å²) in [6.07, 6.45) is 0. The Morgan fingerprint density at radius 1 is 1.00 bits per heavy atom. The second kappa shape index (κ2) is 4.37. The summed E-state index contributed by atoms with van der Waals surface area (Å²) < 4.78 is 65.2. The molecule has 6 nitrogen and oxygen atoms in total. The van der Waals surface area contributed by atoms with Gasteiger partial charge >= 0.3 is 0 Å². The first-order chi connectivity index (χ1) is 7.53. The average molecular weight is 278 g/mol. The van der Waals surface area contributed by atoms with Crippen molar-refractivity contribution in [3.63, 3.8) is 0 Å². The minimum atomic E-state index is -4.69. The topological polar surface area (TPSA) is 114 Å². The van der Waals surface area contributed by atoms with Crippen LogP contribution in [0.3, 0.4) is 0 Å². The van der Waals surface area contributed by atoms with Crippen LogP contribution in [-0.4, -0.2) is 25.9 Å². The van der Waals surface area contributed by atoms with Crippen molar-refractivity contribution in [2.24, 2.45) is 0 Å². The molecule has 17 heavy (non-hydrogen) atoms. The predicted octanol–water partition coefficient (Wildman–Crippen LogP) is 0.618. The molecule has 0 heterocycles. The maximum atomic E-state index is 10.9. The molecule has 0 bridgehead atoms. The summed E-state index contributed by atoms with van der Waals surface area (Å²) in [5.41, 5.74) is 0.0249. The lowest BCUT2D eigenvalue weighted by Gasteiger charge is -2.17. The Labute approximate surface area is 99.8 Å². The molecule has 1 rings (SSSR count). The molecule has 0 aliphatic rings. The summed E-state index contributed by atoms with van der Waals surface area (Å²) in [4.78, 5) is -1.05. The van der Waals surface area contributed by atoms with Crippen molar-refractivity contribution in [1.29, 1.82) is 0 Å². The zero-order chi connectivity index (χ0) is 13.4. The number of benzene rings is 1. The fourth-order valence-electron chi connectivity index (χ4n) is 1.36. The molecular formula is C9H10O6S2-2. The van der Waals surface area contributed by atoms with Crippen molar-refractivity contribution in [2.75, 3.05) is 0 Å². The Hall–Kier alpha value is -0.960. The fraction of sp³-hybridized carbons (Fsp3) is 0.333. The first-order valence-corrected chi connectivity index (χ1v) is 7.41. The minimum absolute atomic E-state index is 0.0249.